The molecule has 0 saturated heterocycles. The van der Waals surface area contributed by atoms with Gasteiger partial charge in [-0.2, -0.15) is 9.61 Å². The predicted octanol–water partition coefficient (Wildman–Crippen LogP) is 4.39. The summed E-state index contributed by atoms with van der Waals surface area (Å²) in [6, 6.07) is 12.9. The van der Waals surface area contributed by atoms with Crippen molar-refractivity contribution in [3.63, 3.8) is 0 Å². The van der Waals surface area contributed by atoms with E-state index >= 15 is 0 Å². The number of thiocarbonyl (C=S) groups is 1. The van der Waals surface area contributed by atoms with E-state index in [1.165, 1.54) is 11.3 Å². The topological polar surface area (TPSA) is 93.4 Å². The first-order valence-corrected chi connectivity index (χ1v) is 11.3. The first-order chi connectivity index (χ1) is 15.4. The van der Waals surface area contributed by atoms with Gasteiger partial charge in [-0.25, -0.2) is 0 Å². The molecule has 10 heteroatoms. The third-order valence-corrected chi connectivity index (χ3v) is 5.82. The van der Waals surface area contributed by atoms with E-state index in [1.807, 2.05) is 45.0 Å². The number of aryl methyl sites for hydroxylation is 2. The molecule has 0 aliphatic rings. The number of hydrogen-bond acceptors (Lipinski definition) is 7. The van der Waals surface area contributed by atoms with Crippen LogP contribution in [0.15, 0.2) is 42.5 Å². The minimum Gasteiger partial charge on any atom is -0.494 e. The Bertz CT molecular complexity index is 1300. The van der Waals surface area contributed by atoms with Crippen LogP contribution in [0.3, 0.4) is 0 Å². The van der Waals surface area contributed by atoms with E-state index in [0.29, 0.717) is 17.9 Å². The van der Waals surface area contributed by atoms with Gasteiger partial charge in [0.25, 0.3) is 5.91 Å². The molecule has 0 unspecified atom stereocenters. The minimum atomic E-state index is -0.297. The smallest absolute Gasteiger partial charge is 0.257 e. The van der Waals surface area contributed by atoms with E-state index in [2.05, 4.69) is 25.9 Å². The molecule has 0 fully saturated rings. The molecule has 2 N–H and O–H groups in total. The van der Waals surface area contributed by atoms with Gasteiger partial charge in [0.2, 0.25) is 4.96 Å². The number of anilines is 1. The fourth-order valence-corrected chi connectivity index (χ4v) is 4.13. The molecule has 0 aliphatic carbocycles. The molecule has 0 aliphatic heterocycles. The molecule has 2 aromatic carbocycles. The van der Waals surface area contributed by atoms with Gasteiger partial charge in [-0.3, -0.25) is 10.1 Å². The molecule has 2 heterocycles. The van der Waals surface area contributed by atoms with Gasteiger partial charge >= 0.3 is 0 Å². The van der Waals surface area contributed by atoms with Crippen LogP contribution in [0.5, 0.6) is 5.75 Å². The highest BCUT2D eigenvalue weighted by Crippen LogP contribution is 2.28. The third-order valence-electron chi connectivity index (χ3n) is 4.66. The number of benzene rings is 2. The molecule has 0 radical (unpaired) electrons. The lowest BCUT2D eigenvalue weighted by Crippen LogP contribution is -2.34. The van der Waals surface area contributed by atoms with E-state index in [0.717, 1.165) is 39.0 Å². The van der Waals surface area contributed by atoms with Gasteiger partial charge in [-0.05, 0) is 74.4 Å². The summed E-state index contributed by atoms with van der Waals surface area (Å²) in [5.74, 6) is 1.11. The molecule has 8 nitrogen and oxygen atoms in total. The summed E-state index contributed by atoms with van der Waals surface area (Å²) in [5, 5.41) is 19.6. The maximum atomic E-state index is 12.6. The van der Waals surface area contributed by atoms with Crippen LogP contribution in [0, 0.1) is 13.8 Å². The van der Waals surface area contributed by atoms with Crippen molar-refractivity contribution >= 4 is 45.2 Å². The van der Waals surface area contributed by atoms with Gasteiger partial charge in [-0.1, -0.05) is 24.3 Å². The molecule has 32 heavy (non-hydrogen) atoms. The standard InChI is InChI=1S/C22H22N6O2S2/c1-4-10-30-17-7-5-6-15(12-17)19(29)24-21(31)23-18-9-8-16(11-13(18)2)20-27-28-14(3)25-26-22(28)32-20/h5-9,11-12H,4,10H2,1-3H3,(H2,23,24,29,31). The van der Waals surface area contributed by atoms with Crippen LogP contribution in [0.25, 0.3) is 15.5 Å². The second kappa shape index (κ2) is 9.41. The Morgan fingerprint density at radius 3 is 2.78 bits per heavy atom. The third kappa shape index (κ3) is 4.76. The van der Waals surface area contributed by atoms with E-state index in [-0.39, 0.29) is 11.0 Å². The molecule has 0 saturated carbocycles. The number of carbonyl (C=O) groups is 1. The Hall–Kier alpha value is -3.37. The van der Waals surface area contributed by atoms with Crippen molar-refractivity contribution in [2.75, 3.05) is 11.9 Å². The number of amides is 1. The van der Waals surface area contributed by atoms with Crippen LogP contribution in [0.4, 0.5) is 5.69 Å². The number of ether oxygens (including phenoxy) is 1. The van der Waals surface area contributed by atoms with Gasteiger partial charge in [0.05, 0.1) is 6.61 Å². The number of nitrogens with one attached hydrogen (secondary N) is 2. The van der Waals surface area contributed by atoms with E-state index in [9.17, 15) is 4.79 Å². The molecule has 0 spiro atoms. The zero-order valence-corrected chi connectivity index (χ0v) is 19.5. The summed E-state index contributed by atoms with van der Waals surface area (Å²) in [7, 11) is 0. The fourth-order valence-electron chi connectivity index (χ4n) is 3.04. The Morgan fingerprint density at radius 1 is 1.19 bits per heavy atom. The van der Waals surface area contributed by atoms with Crippen molar-refractivity contribution < 1.29 is 9.53 Å². The number of hydrogen-bond donors (Lipinski definition) is 2. The highest BCUT2D eigenvalue weighted by molar-refractivity contribution is 7.80. The number of fused-ring (bicyclic) bond motifs is 1. The molecule has 2 aromatic heterocycles. The Balaban J connectivity index is 1.42. The highest BCUT2D eigenvalue weighted by Gasteiger charge is 2.13. The van der Waals surface area contributed by atoms with Crippen LogP contribution in [0.1, 0.15) is 35.1 Å². The molecule has 4 aromatic rings. The molecule has 1 amide bonds. The van der Waals surface area contributed by atoms with Crippen LogP contribution < -0.4 is 15.4 Å². The molecular weight excluding hydrogens is 444 g/mol. The maximum absolute atomic E-state index is 12.6. The zero-order valence-electron chi connectivity index (χ0n) is 17.9. The van der Waals surface area contributed by atoms with Crippen molar-refractivity contribution in [2.24, 2.45) is 0 Å². The second-order valence-corrected chi connectivity index (χ2v) is 8.53. The van der Waals surface area contributed by atoms with Crippen LogP contribution in [-0.2, 0) is 0 Å². The van der Waals surface area contributed by atoms with Gasteiger partial charge in [0, 0.05) is 16.8 Å². The lowest BCUT2D eigenvalue weighted by atomic mass is 10.1. The van der Waals surface area contributed by atoms with Gasteiger partial charge < -0.3 is 10.1 Å². The number of aromatic nitrogens is 4. The van der Waals surface area contributed by atoms with Crippen LogP contribution >= 0.6 is 23.6 Å². The van der Waals surface area contributed by atoms with Crippen molar-refractivity contribution in [2.45, 2.75) is 27.2 Å². The molecule has 0 atom stereocenters. The average Bonchev–Trinajstić information content (AvgIpc) is 3.36. The first kappa shape index (κ1) is 21.8. The normalized spacial score (nSPS) is 10.8. The predicted molar refractivity (Wildman–Crippen MR) is 129 cm³/mol. The molecule has 0 bridgehead atoms. The van der Waals surface area contributed by atoms with E-state index in [4.69, 9.17) is 17.0 Å². The van der Waals surface area contributed by atoms with Crippen molar-refractivity contribution in [1.82, 2.24) is 25.1 Å². The molecule has 4 rings (SSSR count). The number of carbonyl (C=O) groups excluding carboxylic acids is 1. The van der Waals surface area contributed by atoms with Gasteiger partial charge in [-0.15, -0.1) is 10.2 Å². The summed E-state index contributed by atoms with van der Waals surface area (Å²) in [4.78, 5) is 13.3. The summed E-state index contributed by atoms with van der Waals surface area (Å²) in [6.07, 6.45) is 0.898. The van der Waals surface area contributed by atoms with Gasteiger partial charge in [0.15, 0.2) is 10.9 Å². The van der Waals surface area contributed by atoms with E-state index < -0.39 is 0 Å². The maximum Gasteiger partial charge on any atom is 0.257 e. The van der Waals surface area contributed by atoms with Crippen molar-refractivity contribution in [1.29, 1.82) is 0 Å². The largest absolute Gasteiger partial charge is 0.494 e. The summed E-state index contributed by atoms with van der Waals surface area (Å²) < 4.78 is 7.32. The fraction of sp³-hybridized carbons (Fsp3) is 0.227. The summed E-state index contributed by atoms with van der Waals surface area (Å²) in [6.45, 7) is 6.47. The lowest BCUT2D eigenvalue weighted by molar-refractivity contribution is 0.0977. The Labute approximate surface area is 194 Å². The monoisotopic (exact) mass is 466 g/mol. The Kier molecular flexibility index (Phi) is 6.42. The molecule has 164 valence electrons. The number of nitrogens with zero attached hydrogens (tertiary/aromatic N) is 4. The van der Waals surface area contributed by atoms with Crippen LogP contribution in [-0.4, -0.2) is 37.4 Å². The minimum absolute atomic E-state index is 0.222. The highest BCUT2D eigenvalue weighted by atomic mass is 32.1. The van der Waals surface area contributed by atoms with Crippen molar-refractivity contribution in [3.05, 3.63) is 59.4 Å². The quantitative estimate of drug-likeness (QED) is 0.407. The van der Waals surface area contributed by atoms with E-state index in [1.54, 1.807) is 22.7 Å². The summed E-state index contributed by atoms with van der Waals surface area (Å²) >= 11 is 6.82. The lowest BCUT2D eigenvalue weighted by Gasteiger charge is -2.13. The van der Waals surface area contributed by atoms with Crippen LogP contribution in [0.2, 0.25) is 0 Å². The Morgan fingerprint density at radius 2 is 2.03 bits per heavy atom. The molecular formula is C22H22N6O2S2. The second-order valence-electron chi connectivity index (χ2n) is 7.16. The number of rotatable bonds is 6. The summed E-state index contributed by atoms with van der Waals surface area (Å²) in [5.41, 5.74) is 3.23. The SMILES string of the molecule is CCCOc1cccc(C(=O)NC(=S)Nc2ccc(-c3nn4c(C)nnc4s3)cc2C)c1. The first-order valence-electron chi connectivity index (χ1n) is 10.1. The zero-order chi connectivity index (χ0) is 22.7. The van der Waals surface area contributed by atoms with Crippen molar-refractivity contribution in [3.8, 4) is 16.3 Å². The van der Waals surface area contributed by atoms with Gasteiger partial charge in [0.1, 0.15) is 10.8 Å². The average molecular weight is 467 g/mol.